The van der Waals surface area contributed by atoms with E-state index in [1.807, 2.05) is 6.92 Å². The predicted octanol–water partition coefficient (Wildman–Crippen LogP) is 1.80. The summed E-state index contributed by atoms with van der Waals surface area (Å²) in [5, 5.41) is 5.12. The highest BCUT2D eigenvalue weighted by Gasteiger charge is 2.29. The molecule has 1 aromatic carbocycles. The first-order chi connectivity index (χ1) is 15.1. The maximum absolute atomic E-state index is 14.3. The fourth-order valence-corrected chi connectivity index (χ4v) is 3.95. The number of carbonyl (C=O) groups is 1. The molecule has 0 unspecified atom stereocenters. The average Bonchev–Trinajstić information content (AvgIpc) is 2.74. The molecule has 1 aliphatic rings. The number of nitrogens with zero attached hydrogens (tertiary/aromatic N) is 3. The Labute approximate surface area is 186 Å². The van der Waals surface area contributed by atoms with E-state index < -0.39 is 16.1 Å². The van der Waals surface area contributed by atoms with Gasteiger partial charge in [0.2, 0.25) is 15.9 Å². The summed E-state index contributed by atoms with van der Waals surface area (Å²) in [5.41, 5.74) is 2.02. The SMILES string of the molecule is C=CC(=O)[N+]1=C(C)CN(C[C@@H](Oc2ccc(S(N)(=O)=O)cn2)c2ccc(C)c(F)c2)CC1. The molecule has 2 heterocycles. The van der Waals surface area contributed by atoms with Crippen molar-refractivity contribution in [2.45, 2.75) is 24.8 Å². The number of aromatic nitrogens is 1. The minimum Gasteiger partial charge on any atom is -0.468 e. The number of sulfonamides is 1. The summed E-state index contributed by atoms with van der Waals surface area (Å²) in [6, 6.07) is 7.61. The molecule has 0 saturated carbocycles. The molecule has 0 aliphatic carbocycles. The standard InChI is InChI=1S/C22H26FN4O4S/c1-4-22(28)27-10-9-26(13-16(27)3)14-20(17-6-5-15(2)19(23)11-17)31-21-8-7-18(12-25-21)32(24,29)30/h4-8,11-12,20H,1,9-10,13-14H2,2-3H3,(H2,24,29,30)/q+1/t20-/m1/s1. The molecule has 0 fully saturated rings. The van der Waals surface area contributed by atoms with Gasteiger partial charge in [0.15, 0.2) is 12.3 Å². The average molecular weight is 462 g/mol. The highest BCUT2D eigenvalue weighted by molar-refractivity contribution is 7.89. The number of hydrogen-bond acceptors (Lipinski definition) is 6. The normalized spacial score (nSPS) is 16.0. The molecule has 32 heavy (non-hydrogen) atoms. The molecule has 0 radical (unpaired) electrons. The second-order valence-corrected chi connectivity index (χ2v) is 9.22. The first-order valence-corrected chi connectivity index (χ1v) is 11.5. The number of rotatable bonds is 7. The lowest BCUT2D eigenvalue weighted by Crippen LogP contribution is -2.47. The molecule has 0 bridgehead atoms. The monoisotopic (exact) mass is 461 g/mol. The van der Waals surface area contributed by atoms with Gasteiger partial charge in [0.25, 0.3) is 0 Å². The van der Waals surface area contributed by atoms with Crippen LogP contribution >= 0.6 is 0 Å². The van der Waals surface area contributed by atoms with Crippen LogP contribution in [0.25, 0.3) is 0 Å². The minimum absolute atomic E-state index is 0.129. The van der Waals surface area contributed by atoms with E-state index in [0.717, 1.165) is 11.9 Å². The highest BCUT2D eigenvalue weighted by atomic mass is 32.2. The van der Waals surface area contributed by atoms with Crippen LogP contribution in [0.4, 0.5) is 4.39 Å². The van der Waals surface area contributed by atoms with Gasteiger partial charge in [-0.3, -0.25) is 4.90 Å². The molecule has 2 N–H and O–H groups in total. The zero-order valence-electron chi connectivity index (χ0n) is 18.0. The van der Waals surface area contributed by atoms with E-state index in [-0.39, 0.29) is 22.5 Å². The van der Waals surface area contributed by atoms with Gasteiger partial charge in [0.1, 0.15) is 16.8 Å². The fourth-order valence-electron chi connectivity index (χ4n) is 3.49. The Bertz CT molecular complexity index is 1160. The molecule has 0 spiro atoms. The summed E-state index contributed by atoms with van der Waals surface area (Å²) >= 11 is 0. The van der Waals surface area contributed by atoms with Crippen LogP contribution in [0.15, 0.2) is 54.1 Å². The number of ether oxygens (including phenoxy) is 1. The van der Waals surface area contributed by atoms with Crippen molar-refractivity contribution in [1.29, 1.82) is 0 Å². The van der Waals surface area contributed by atoms with Crippen molar-refractivity contribution in [3.05, 3.63) is 66.1 Å². The first kappa shape index (κ1) is 23.7. The molecule has 10 heteroatoms. The van der Waals surface area contributed by atoms with Gasteiger partial charge in [-0.25, -0.2) is 27.7 Å². The third-order valence-electron chi connectivity index (χ3n) is 5.29. The minimum atomic E-state index is -3.87. The molecule has 8 nitrogen and oxygen atoms in total. The predicted molar refractivity (Wildman–Crippen MR) is 118 cm³/mol. The smallest absolute Gasteiger partial charge is 0.411 e. The number of primary sulfonamides is 1. The molecule has 1 aromatic heterocycles. The van der Waals surface area contributed by atoms with Gasteiger partial charge in [0, 0.05) is 25.6 Å². The zero-order chi connectivity index (χ0) is 23.5. The Morgan fingerprint density at radius 1 is 1.38 bits per heavy atom. The van der Waals surface area contributed by atoms with Crippen LogP contribution in [0.3, 0.4) is 0 Å². The van der Waals surface area contributed by atoms with Gasteiger partial charge in [-0.1, -0.05) is 18.7 Å². The van der Waals surface area contributed by atoms with Crippen LogP contribution in [0.2, 0.25) is 0 Å². The van der Waals surface area contributed by atoms with Crippen LogP contribution in [0, 0.1) is 12.7 Å². The Kier molecular flexibility index (Phi) is 7.17. The lowest BCUT2D eigenvalue weighted by atomic mass is 10.1. The van der Waals surface area contributed by atoms with Crippen molar-refractivity contribution in [2.75, 3.05) is 26.2 Å². The number of nitrogens with two attached hydrogens (primary N) is 1. The maximum Gasteiger partial charge on any atom is 0.411 e. The van der Waals surface area contributed by atoms with Gasteiger partial charge in [-0.05, 0) is 30.2 Å². The quantitative estimate of drug-likeness (QED) is 0.498. The van der Waals surface area contributed by atoms with Crippen LogP contribution in [0.5, 0.6) is 5.88 Å². The van der Waals surface area contributed by atoms with Crippen LogP contribution in [-0.4, -0.2) is 60.7 Å². The number of benzene rings is 1. The Hall–Kier alpha value is -2.95. The number of amides is 1. The van der Waals surface area contributed by atoms with Crippen molar-refractivity contribution in [1.82, 2.24) is 9.88 Å². The van der Waals surface area contributed by atoms with Gasteiger partial charge in [-0.15, -0.1) is 0 Å². The van der Waals surface area contributed by atoms with E-state index in [0.29, 0.717) is 37.3 Å². The lowest BCUT2D eigenvalue weighted by Gasteiger charge is -2.29. The number of hydrogen-bond donors (Lipinski definition) is 1. The number of aryl methyl sites for hydroxylation is 1. The van der Waals surface area contributed by atoms with E-state index in [4.69, 9.17) is 9.88 Å². The Balaban J connectivity index is 1.85. The largest absolute Gasteiger partial charge is 0.468 e. The molecule has 1 atom stereocenters. The van der Waals surface area contributed by atoms with E-state index >= 15 is 0 Å². The van der Waals surface area contributed by atoms with Gasteiger partial charge < -0.3 is 4.74 Å². The van der Waals surface area contributed by atoms with E-state index in [1.54, 1.807) is 23.6 Å². The van der Waals surface area contributed by atoms with Crippen molar-refractivity contribution in [3.8, 4) is 5.88 Å². The van der Waals surface area contributed by atoms with Crippen molar-refractivity contribution in [2.24, 2.45) is 5.14 Å². The lowest BCUT2D eigenvalue weighted by molar-refractivity contribution is -0.451. The molecule has 1 amide bonds. The number of carbonyl (C=O) groups excluding carboxylic acids is 1. The Morgan fingerprint density at radius 3 is 2.69 bits per heavy atom. The summed E-state index contributed by atoms with van der Waals surface area (Å²) in [4.78, 5) is 18.0. The van der Waals surface area contributed by atoms with Crippen molar-refractivity contribution in [3.63, 3.8) is 0 Å². The third kappa shape index (κ3) is 5.64. The molecule has 1 aliphatic heterocycles. The topological polar surface area (TPSA) is 106 Å². The van der Waals surface area contributed by atoms with Gasteiger partial charge >= 0.3 is 5.91 Å². The zero-order valence-corrected chi connectivity index (χ0v) is 18.8. The summed E-state index contributed by atoms with van der Waals surface area (Å²) in [7, 11) is -3.87. The summed E-state index contributed by atoms with van der Waals surface area (Å²) in [5.74, 6) is -0.308. The molecule has 0 saturated heterocycles. The van der Waals surface area contributed by atoms with E-state index in [1.165, 1.54) is 24.3 Å². The number of halogens is 1. The molecule has 170 valence electrons. The molecule has 3 rings (SSSR count). The second-order valence-electron chi connectivity index (χ2n) is 7.66. The summed E-state index contributed by atoms with van der Waals surface area (Å²) < 4.78 is 44.9. The maximum atomic E-state index is 14.3. The third-order valence-corrected chi connectivity index (χ3v) is 6.18. The Morgan fingerprint density at radius 2 is 2.12 bits per heavy atom. The molecular formula is C22H26FN4O4S+. The molecule has 2 aromatic rings. The van der Waals surface area contributed by atoms with Gasteiger partial charge in [-0.2, -0.15) is 4.58 Å². The van der Waals surface area contributed by atoms with Crippen molar-refractivity contribution < 1.29 is 26.9 Å². The van der Waals surface area contributed by atoms with E-state index in [9.17, 15) is 17.6 Å². The van der Waals surface area contributed by atoms with Gasteiger partial charge in [0.05, 0.1) is 19.3 Å². The number of pyridine rings is 1. The fraction of sp³-hybridized carbons (Fsp3) is 0.318. The highest BCUT2D eigenvalue weighted by Crippen LogP contribution is 2.24. The molecular weight excluding hydrogens is 435 g/mol. The summed E-state index contributed by atoms with van der Waals surface area (Å²) in [6.45, 7) is 9.14. The second kappa shape index (κ2) is 9.68. The van der Waals surface area contributed by atoms with Crippen LogP contribution in [-0.2, 0) is 14.8 Å². The first-order valence-electron chi connectivity index (χ1n) is 9.98. The van der Waals surface area contributed by atoms with E-state index in [2.05, 4.69) is 16.5 Å². The van der Waals surface area contributed by atoms with Crippen molar-refractivity contribution >= 4 is 21.6 Å². The van der Waals surface area contributed by atoms with Crippen LogP contribution in [0.1, 0.15) is 24.2 Å². The van der Waals surface area contributed by atoms with Crippen LogP contribution < -0.4 is 9.88 Å². The summed E-state index contributed by atoms with van der Waals surface area (Å²) in [6.07, 6.45) is 1.83.